The van der Waals surface area contributed by atoms with Gasteiger partial charge in [-0.3, -0.25) is 4.79 Å². The van der Waals surface area contributed by atoms with Crippen LogP contribution in [0.2, 0.25) is 0 Å². The van der Waals surface area contributed by atoms with E-state index in [1.54, 1.807) is 19.2 Å². The minimum atomic E-state index is -0.136. The summed E-state index contributed by atoms with van der Waals surface area (Å²) in [6.45, 7) is 1.85. The fraction of sp³-hybridized carbons (Fsp3) is 0.133. The lowest BCUT2D eigenvalue weighted by Gasteiger charge is -2.09. The van der Waals surface area contributed by atoms with Crippen LogP contribution in [0.15, 0.2) is 35.2 Å². The lowest BCUT2D eigenvalue weighted by atomic mass is 10.1. The maximum Gasteiger partial charge on any atom is 0.252 e. The molecule has 0 radical (unpaired) electrons. The van der Waals surface area contributed by atoms with Gasteiger partial charge in [0.25, 0.3) is 11.8 Å². The fourth-order valence-corrected chi connectivity index (χ4v) is 2.17. The molecule has 0 saturated heterocycles. The molecule has 0 bridgehead atoms. The largest absolute Gasteiger partial charge is 0.423 e. The molecule has 0 fully saturated rings. The number of hydrogen-bond donors (Lipinski definition) is 3. The van der Waals surface area contributed by atoms with E-state index in [4.69, 9.17) is 10.2 Å². The van der Waals surface area contributed by atoms with Crippen molar-refractivity contribution < 1.29 is 9.21 Å². The van der Waals surface area contributed by atoms with Crippen molar-refractivity contribution in [3.8, 4) is 11.5 Å². The van der Waals surface area contributed by atoms with Gasteiger partial charge in [0.05, 0.1) is 5.56 Å². The van der Waals surface area contributed by atoms with Crippen LogP contribution in [0.25, 0.3) is 11.5 Å². The van der Waals surface area contributed by atoms with E-state index < -0.39 is 0 Å². The van der Waals surface area contributed by atoms with E-state index in [-0.39, 0.29) is 17.6 Å². The summed E-state index contributed by atoms with van der Waals surface area (Å²) in [5.41, 5.74) is 8.54. The number of nitrogen functional groups attached to an aromatic ring is 1. The lowest BCUT2D eigenvalue weighted by Crippen LogP contribution is -2.18. The predicted octanol–water partition coefficient (Wildman–Crippen LogP) is 1.52. The average Bonchev–Trinajstić information content (AvgIpc) is 3.08. The van der Waals surface area contributed by atoms with E-state index in [2.05, 4.69) is 30.8 Å². The van der Waals surface area contributed by atoms with E-state index in [1.807, 2.05) is 13.0 Å². The number of hydrogen-bond acceptors (Lipinski definition) is 8. The Morgan fingerprint density at radius 3 is 2.79 bits per heavy atom. The number of nitrogens with zero attached hydrogens (tertiary/aromatic N) is 4. The summed E-state index contributed by atoms with van der Waals surface area (Å²) in [6.07, 6.45) is 2.71. The van der Waals surface area contributed by atoms with Gasteiger partial charge in [-0.25, -0.2) is 4.98 Å². The molecule has 0 spiro atoms. The quantitative estimate of drug-likeness (QED) is 0.658. The topological polar surface area (TPSA) is 132 Å². The summed E-state index contributed by atoms with van der Waals surface area (Å²) < 4.78 is 5.08. The summed E-state index contributed by atoms with van der Waals surface area (Å²) in [5, 5.41) is 13.0. The molecular weight excluding hydrogens is 310 g/mol. The van der Waals surface area contributed by atoms with Crippen LogP contribution in [-0.2, 0) is 0 Å². The van der Waals surface area contributed by atoms with Gasteiger partial charge in [0.15, 0.2) is 0 Å². The number of rotatable bonds is 4. The van der Waals surface area contributed by atoms with E-state index in [0.29, 0.717) is 17.1 Å². The normalized spacial score (nSPS) is 10.4. The van der Waals surface area contributed by atoms with Gasteiger partial charge in [0.2, 0.25) is 12.3 Å². The van der Waals surface area contributed by atoms with Crippen LogP contribution in [0.5, 0.6) is 0 Å². The zero-order chi connectivity index (χ0) is 17.1. The van der Waals surface area contributed by atoms with Crippen LogP contribution >= 0.6 is 0 Å². The average molecular weight is 325 g/mol. The molecule has 4 N–H and O–H groups in total. The number of benzene rings is 1. The van der Waals surface area contributed by atoms with Crippen molar-refractivity contribution in [1.29, 1.82) is 0 Å². The second kappa shape index (κ2) is 6.32. The number of carbonyl (C=O) groups excluding carboxylic acids is 1. The number of aryl methyl sites for hydroxylation is 1. The molecule has 9 nitrogen and oxygen atoms in total. The SMILES string of the molecule is CNC(=O)c1ccc(Nc2ncc(-c3nnco3)c(N)n2)cc1C. The first-order valence-electron chi connectivity index (χ1n) is 7.07. The molecule has 0 saturated carbocycles. The first-order valence-corrected chi connectivity index (χ1v) is 7.07. The third kappa shape index (κ3) is 3.00. The number of anilines is 3. The van der Waals surface area contributed by atoms with Crippen LogP contribution in [0.3, 0.4) is 0 Å². The van der Waals surface area contributed by atoms with Gasteiger partial charge in [0, 0.05) is 24.5 Å². The first kappa shape index (κ1) is 15.4. The minimum absolute atomic E-state index is 0.136. The molecule has 3 rings (SSSR count). The van der Waals surface area contributed by atoms with Crippen molar-refractivity contribution in [2.24, 2.45) is 0 Å². The second-order valence-electron chi connectivity index (χ2n) is 4.97. The molecule has 0 unspecified atom stereocenters. The summed E-state index contributed by atoms with van der Waals surface area (Å²) >= 11 is 0. The van der Waals surface area contributed by atoms with Crippen molar-refractivity contribution in [2.45, 2.75) is 6.92 Å². The smallest absolute Gasteiger partial charge is 0.252 e. The predicted molar refractivity (Wildman–Crippen MR) is 87.6 cm³/mol. The summed E-state index contributed by atoms with van der Waals surface area (Å²) in [5.74, 6) is 0.659. The minimum Gasteiger partial charge on any atom is -0.423 e. The molecule has 122 valence electrons. The Balaban J connectivity index is 1.83. The fourth-order valence-electron chi connectivity index (χ4n) is 2.17. The first-order chi connectivity index (χ1) is 11.6. The number of carbonyl (C=O) groups is 1. The number of nitrogens with one attached hydrogen (secondary N) is 2. The Bertz CT molecular complexity index is 878. The molecular formula is C15H15N7O2. The highest BCUT2D eigenvalue weighted by molar-refractivity contribution is 5.95. The van der Waals surface area contributed by atoms with Crippen molar-refractivity contribution in [3.05, 3.63) is 41.9 Å². The molecule has 0 aliphatic heterocycles. The lowest BCUT2D eigenvalue weighted by molar-refractivity contribution is 0.0962. The molecule has 2 heterocycles. The maximum atomic E-state index is 11.7. The van der Waals surface area contributed by atoms with Gasteiger partial charge in [-0.05, 0) is 30.7 Å². The van der Waals surface area contributed by atoms with Gasteiger partial charge in [0.1, 0.15) is 5.82 Å². The zero-order valence-electron chi connectivity index (χ0n) is 13.1. The van der Waals surface area contributed by atoms with Crippen LogP contribution < -0.4 is 16.4 Å². The summed E-state index contributed by atoms with van der Waals surface area (Å²) in [7, 11) is 1.59. The zero-order valence-corrected chi connectivity index (χ0v) is 13.1. The number of nitrogens with two attached hydrogens (primary N) is 1. The van der Waals surface area contributed by atoms with Crippen molar-refractivity contribution in [1.82, 2.24) is 25.5 Å². The molecule has 2 aromatic heterocycles. The molecule has 1 amide bonds. The van der Waals surface area contributed by atoms with Gasteiger partial charge >= 0.3 is 0 Å². The van der Waals surface area contributed by atoms with E-state index in [1.165, 1.54) is 12.6 Å². The van der Waals surface area contributed by atoms with Crippen molar-refractivity contribution >= 4 is 23.4 Å². The van der Waals surface area contributed by atoms with Gasteiger partial charge in [-0.2, -0.15) is 4.98 Å². The van der Waals surface area contributed by atoms with E-state index >= 15 is 0 Å². The van der Waals surface area contributed by atoms with Crippen molar-refractivity contribution in [3.63, 3.8) is 0 Å². The van der Waals surface area contributed by atoms with Gasteiger partial charge < -0.3 is 20.8 Å². The molecule has 9 heteroatoms. The molecule has 0 aliphatic rings. The highest BCUT2D eigenvalue weighted by Crippen LogP contribution is 2.24. The Hall–Kier alpha value is -3.49. The summed E-state index contributed by atoms with van der Waals surface area (Å²) in [4.78, 5) is 20.1. The molecule has 0 aliphatic carbocycles. The third-order valence-corrected chi connectivity index (χ3v) is 3.36. The Labute approximate surface area is 137 Å². The van der Waals surface area contributed by atoms with Crippen molar-refractivity contribution in [2.75, 3.05) is 18.1 Å². The highest BCUT2D eigenvalue weighted by Gasteiger charge is 2.12. The van der Waals surface area contributed by atoms with Crippen LogP contribution in [0, 0.1) is 6.92 Å². The molecule has 3 aromatic rings. The maximum absolute atomic E-state index is 11.7. The number of aromatic nitrogens is 4. The Morgan fingerprint density at radius 2 is 2.17 bits per heavy atom. The van der Waals surface area contributed by atoms with Gasteiger partial charge in [-0.1, -0.05) is 0 Å². The highest BCUT2D eigenvalue weighted by atomic mass is 16.4. The monoisotopic (exact) mass is 325 g/mol. The van der Waals surface area contributed by atoms with Crippen LogP contribution in [-0.4, -0.2) is 33.1 Å². The molecule has 1 aromatic carbocycles. The van der Waals surface area contributed by atoms with Gasteiger partial charge in [-0.15, -0.1) is 10.2 Å². The summed E-state index contributed by atoms with van der Waals surface area (Å²) in [6, 6.07) is 5.33. The Morgan fingerprint density at radius 1 is 1.33 bits per heavy atom. The Kier molecular flexibility index (Phi) is 4.06. The standard InChI is InChI=1S/C15H15N7O2/c1-8-5-9(3-4-10(8)13(23)17-2)20-15-18-6-11(12(16)21-15)14-22-19-7-24-14/h3-7H,1-2H3,(H,17,23)(H3,16,18,20,21). The second-order valence-corrected chi connectivity index (χ2v) is 4.97. The molecule has 24 heavy (non-hydrogen) atoms. The number of amides is 1. The van der Waals surface area contributed by atoms with E-state index in [0.717, 1.165) is 11.3 Å². The third-order valence-electron chi connectivity index (χ3n) is 3.36. The molecule has 0 atom stereocenters. The van der Waals surface area contributed by atoms with Crippen LogP contribution in [0.4, 0.5) is 17.5 Å². The van der Waals surface area contributed by atoms with E-state index in [9.17, 15) is 4.79 Å². The van der Waals surface area contributed by atoms with Crippen LogP contribution in [0.1, 0.15) is 15.9 Å².